The van der Waals surface area contributed by atoms with Crippen LogP contribution in [0.2, 0.25) is 0 Å². The number of hydrogen-bond acceptors (Lipinski definition) is 2. The minimum Gasteiger partial charge on any atom is -0.220 e. The predicted octanol–water partition coefficient (Wildman–Crippen LogP) is 5.38. The molecule has 0 saturated heterocycles. The van der Waals surface area contributed by atoms with Crippen LogP contribution in [0.25, 0.3) is 0 Å². The third kappa shape index (κ3) is 2.70. The summed E-state index contributed by atoms with van der Waals surface area (Å²) in [5, 5.41) is 0.483. The fraction of sp³-hybridized carbons (Fsp3) is 0.235. The van der Waals surface area contributed by atoms with E-state index < -0.39 is 0 Å². The van der Waals surface area contributed by atoms with E-state index in [9.17, 15) is 0 Å². The summed E-state index contributed by atoms with van der Waals surface area (Å²) in [6.07, 6.45) is 0. The highest BCUT2D eigenvalue weighted by Crippen LogP contribution is 2.39. The third-order valence-corrected chi connectivity index (χ3v) is 5.09. The highest BCUT2D eigenvalue weighted by molar-refractivity contribution is 9.10. The molecule has 0 fully saturated rings. The molecule has 2 unspecified atom stereocenters. The van der Waals surface area contributed by atoms with Crippen molar-refractivity contribution in [3.05, 3.63) is 69.7 Å². The zero-order chi connectivity index (χ0) is 14.1. The standard InChI is InChI=1S/C17H16BrNS/c1-11-3-5-13(6-4-11)16-12(2)20-19-17(16)14-7-9-15(18)10-8-14/h3-10,12,16H,1-2H3. The Balaban J connectivity index is 1.98. The SMILES string of the molecule is Cc1ccc(C2C(c3ccc(Br)cc3)=NSC2C)cc1. The predicted molar refractivity (Wildman–Crippen MR) is 91.7 cm³/mol. The van der Waals surface area contributed by atoms with E-state index in [1.165, 1.54) is 22.4 Å². The van der Waals surface area contributed by atoms with Gasteiger partial charge in [-0.3, -0.25) is 0 Å². The minimum atomic E-state index is 0.377. The monoisotopic (exact) mass is 345 g/mol. The summed E-state index contributed by atoms with van der Waals surface area (Å²) in [6.45, 7) is 4.38. The Hall–Kier alpha value is -1.06. The summed E-state index contributed by atoms with van der Waals surface area (Å²) in [4.78, 5) is 0. The molecule has 102 valence electrons. The Morgan fingerprint density at radius 1 is 1.00 bits per heavy atom. The molecule has 0 bridgehead atoms. The highest BCUT2D eigenvalue weighted by Gasteiger charge is 2.31. The van der Waals surface area contributed by atoms with Crippen molar-refractivity contribution in [1.82, 2.24) is 0 Å². The first kappa shape index (κ1) is 13.9. The molecule has 1 aliphatic rings. The smallest absolute Gasteiger partial charge is 0.0645 e. The molecule has 3 heteroatoms. The fourth-order valence-corrected chi connectivity index (χ4v) is 3.71. The van der Waals surface area contributed by atoms with E-state index in [0.717, 1.165) is 4.47 Å². The van der Waals surface area contributed by atoms with Crippen LogP contribution >= 0.6 is 27.9 Å². The molecule has 0 saturated carbocycles. The first-order valence-corrected chi connectivity index (χ1v) is 8.34. The van der Waals surface area contributed by atoms with Crippen molar-refractivity contribution >= 4 is 33.6 Å². The van der Waals surface area contributed by atoms with Gasteiger partial charge in [-0.15, -0.1) is 0 Å². The van der Waals surface area contributed by atoms with Crippen molar-refractivity contribution in [2.75, 3.05) is 0 Å². The fourth-order valence-electron chi connectivity index (χ4n) is 2.54. The van der Waals surface area contributed by atoms with Crippen LogP contribution in [-0.2, 0) is 0 Å². The molecule has 0 spiro atoms. The molecule has 20 heavy (non-hydrogen) atoms. The average Bonchev–Trinajstić information content (AvgIpc) is 2.83. The van der Waals surface area contributed by atoms with Gasteiger partial charge in [0.05, 0.1) is 5.71 Å². The zero-order valence-corrected chi connectivity index (χ0v) is 13.9. The van der Waals surface area contributed by atoms with Gasteiger partial charge in [-0.1, -0.05) is 64.8 Å². The molecule has 1 aliphatic heterocycles. The van der Waals surface area contributed by atoms with Gasteiger partial charge in [0.2, 0.25) is 0 Å². The van der Waals surface area contributed by atoms with E-state index in [0.29, 0.717) is 11.2 Å². The van der Waals surface area contributed by atoms with E-state index in [4.69, 9.17) is 4.40 Å². The van der Waals surface area contributed by atoms with Crippen molar-refractivity contribution in [3.8, 4) is 0 Å². The van der Waals surface area contributed by atoms with E-state index >= 15 is 0 Å². The van der Waals surface area contributed by atoms with Gasteiger partial charge in [0.15, 0.2) is 0 Å². The lowest BCUT2D eigenvalue weighted by atomic mass is 9.87. The number of benzene rings is 2. The highest BCUT2D eigenvalue weighted by atomic mass is 79.9. The molecule has 0 aromatic heterocycles. The van der Waals surface area contributed by atoms with Crippen LogP contribution in [0.1, 0.15) is 29.5 Å². The molecule has 2 aromatic rings. The van der Waals surface area contributed by atoms with Crippen molar-refractivity contribution in [2.45, 2.75) is 25.0 Å². The molecule has 3 rings (SSSR count). The molecule has 1 nitrogen and oxygen atoms in total. The Morgan fingerprint density at radius 3 is 2.30 bits per heavy atom. The van der Waals surface area contributed by atoms with Crippen molar-refractivity contribution < 1.29 is 0 Å². The van der Waals surface area contributed by atoms with Gasteiger partial charge in [0.25, 0.3) is 0 Å². The summed E-state index contributed by atoms with van der Waals surface area (Å²) in [5.41, 5.74) is 5.07. The topological polar surface area (TPSA) is 12.4 Å². The summed E-state index contributed by atoms with van der Waals surface area (Å²) in [7, 11) is 0. The largest absolute Gasteiger partial charge is 0.220 e. The van der Waals surface area contributed by atoms with Crippen LogP contribution in [0.15, 0.2) is 57.4 Å². The normalized spacial score (nSPS) is 21.9. The van der Waals surface area contributed by atoms with Gasteiger partial charge in [-0.2, -0.15) is 0 Å². The van der Waals surface area contributed by atoms with Crippen LogP contribution < -0.4 is 0 Å². The van der Waals surface area contributed by atoms with Gasteiger partial charge in [0.1, 0.15) is 0 Å². The molecular formula is C17H16BrNS. The van der Waals surface area contributed by atoms with E-state index in [1.54, 1.807) is 11.9 Å². The summed E-state index contributed by atoms with van der Waals surface area (Å²) < 4.78 is 5.82. The number of halogens is 1. The quantitative estimate of drug-likeness (QED) is 0.665. The van der Waals surface area contributed by atoms with E-state index in [-0.39, 0.29) is 0 Å². The van der Waals surface area contributed by atoms with Crippen molar-refractivity contribution in [3.63, 3.8) is 0 Å². The maximum atomic E-state index is 4.71. The van der Waals surface area contributed by atoms with Gasteiger partial charge in [-0.25, -0.2) is 4.40 Å². The minimum absolute atomic E-state index is 0.377. The van der Waals surface area contributed by atoms with Crippen LogP contribution in [0.4, 0.5) is 0 Å². The molecule has 2 atom stereocenters. The first-order chi connectivity index (χ1) is 9.65. The number of hydrogen-bond donors (Lipinski definition) is 0. The molecule has 1 heterocycles. The Labute approximate surface area is 132 Å². The lowest BCUT2D eigenvalue weighted by molar-refractivity contribution is 0.881. The molecule has 0 radical (unpaired) electrons. The Morgan fingerprint density at radius 2 is 1.65 bits per heavy atom. The third-order valence-electron chi connectivity index (χ3n) is 3.66. The second-order valence-electron chi connectivity index (χ2n) is 5.18. The van der Waals surface area contributed by atoms with Crippen LogP contribution in [-0.4, -0.2) is 11.0 Å². The maximum Gasteiger partial charge on any atom is 0.0645 e. The van der Waals surface area contributed by atoms with E-state index in [1.807, 2.05) is 0 Å². The number of rotatable bonds is 2. The van der Waals surface area contributed by atoms with Crippen LogP contribution in [0.3, 0.4) is 0 Å². The zero-order valence-electron chi connectivity index (χ0n) is 11.5. The van der Waals surface area contributed by atoms with Crippen molar-refractivity contribution in [1.29, 1.82) is 0 Å². The molecule has 0 aliphatic carbocycles. The van der Waals surface area contributed by atoms with Gasteiger partial charge in [-0.05, 0) is 42.1 Å². The van der Waals surface area contributed by atoms with Gasteiger partial charge < -0.3 is 0 Å². The number of nitrogens with zero attached hydrogens (tertiary/aromatic N) is 1. The lowest BCUT2D eigenvalue weighted by Gasteiger charge is -2.18. The molecule has 0 amide bonds. The molecule has 2 aromatic carbocycles. The van der Waals surface area contributed by atoms with Gasteiger partial charge >= 0.3 is 0 Å². The van der Waals surface area contributed by atoms with Crippen LogP contribution in [0.5, 0.6) is 0 Å². The Bertz CT molecular complexity index is 631. The van der Waals surface area contributed by atoms with E-state index in [2.05, 4.69) is 78.3 Å². The molecule has 0 N–H and O–H groups in total. The van der Waals surface area contributed by atoms with Gasteiger partial charge in [0, 0.05) is 15.6 Å². The summed E-state index contributed by atoms with van der Waals surface area (Å²) in [5.74, 6) is 0.377. The second-order valence-corrected chi connectivity index (χ2v) is 7.23. The second kappa shape index (κ2) is 5.74. The lowest BCUT2D eigenvalue weighted by Crippen LogP contribution is -2.17. The molecular weight excluding hydrogens is 330 g/mol. The summed E-state index contributed by atoms with van der Waals surface area (Å²) >= 11 is 5.18. The van der Waals surface area contributed by atoms with Crippen LogP contribution in [0, 0.1) is 6.92 Å². The Kier molecular flexibility index (Phi) is 3.99. The van der Waals surface area contributed by atoms with Crippen molar-refractivity contribution in [2.24, 2.45) is 4.40 Å². The average molecular weight is 346 g/mol. The summed E-state index contributed by atoms with van der Waals surface area (Å²) in [6, 6.07) is 17.3. The first-order valence-electron chi connectivity index (χ1n) is 6.71. The maximum absolute atomic E-state index is 4.71. The number of aryl methyl sites for hydroxylation is 1.